The van der Waals surface area contributed by atoms with E-state index in [1.165, 1.54) is 63.4 Å². The van der Waals surface area contributed by atoms with Crippen molar-refractivity contribution in [2.45, 2.75) is 118 Å². The van der Waals surface area contributed by atoms with Crippen LogP contribution < -0.4 is 0 Å². The summed E-state index contributed by atoms with van der Waals surface area (Å²) in [6.07, 6.45) is 16.7. The van der Waals surface area contributed by atoms with Gasteiger partial charge in [-0.25, -0.2) is 0 Å². The number of hydrogen-bond donors (Lipinski definition) is 0. The zero-order valence-corrected chi connectivity index (χ0v) is 21.1. The van der Waals surface area contributed by atoms with Gasteiger partial charge in [0.15, 0.2) is 0 Å². The maximum absolute atomic E-state index is 11.5. The highest BCUT2D eigenvalue weighted by Crippen LogP contribution is 2.66. The van der Waals surface area contributed by atoms with Crippen LogP contribution in [-0.4, -0.2) is 12.1 Å². The lowest BCUT2D eigenvalue weighted by molar-refractivity contribution is -0.150. The lowest BCUT2D eigenvalue weighted by Gasteiger charge is -2.55. The van der Waals surface area contributed by atoms with E-state index in [1.807, 2.05) is 11.1 Å². The van der Waals surface area contributed by atoms with Crippen LogP contribution in [0.2, 0.25) is 0 Å². The molecule has 0 saturated heterocycles. The lowest BCUT2D eigenvalue weighted by Crippen LogP contribution is -2.46. The molecule has 174 valence electrons. The fourth-order valence-corrected chi connectivity index (χ4v) is 8.57. The van der Waals surface area contributed by atoms with Crippen molar-refractivity contribution in [3.8, 4) is 0 Å². The third-order valence-electron chi connectivity index (χ3n) is 10.2. The molecular weight excluding hydrogens is 380 g/mol. The van der Waals surface area contributed by atoms with E-state index in [1.54, 1.807) is 6.92 Å². The fraction of sp³-hybridized carbons (Fsp3) is 0.828. The molecule has 0 aromatic rings. The summed E-state index contributed by atoms with van der Waals surface area (Å²) < 4.78 is 5.63. The summed E-state index contributed by atoms with van der Waals surface area (Å²) >= 11 is 0. The number of allylic oxidation sites excluding steroid dienone is 4. The Bertz CT molecular complexity index is 757. The fourth-order valence-electron chi connectivity index (χ4n) is 8.57. The molecule has 2 nitrogen and oxygen atoms in total. The van der Waals surface area contributed by atoms with Gasteiger partial charge in [-0.15, -0.1) is 0 Å². The molecule has 4 aliphatic rings. The van der Waals surface area contributed by atoms with Gasteiger partial charge in [-0.1, -0.05) is 43.6 Å². The summed E-state index contributed by atoms with van der Waals surface area (Å²) in [4.78, 5) is 11.5. The van der Waals surface area contributed by atoms with Gasteiger partial charge in [0.1, 0.15) is 6.10 Å². The highest BCUT2D eigenvalue weighted by atomic mass is 16.5. The summed E-state index contributed by atoms with van der Waals surface area (Å²) in [5, 5.41) is 0. The van der Waals surface area contributed by atoms with Crippen LogP contribution in [0.5, 0.6) is 0 Å². The van der Waals surface area contributed by atoms with Crippen molar-refractivity contribution in [2.75, 3.05) is 0 Å². The molecule has 0 aliphatic heterocycles. The Kier molecular flexibility index (Phi) is 6.50. The average Bonchev–Trinajstić information content (AvgIpc) is 3.05. The lowest BCUT2D eigenvalue weighted by atomic mass is 9.50. The van der Waals surface area contributed by atoms with Crippen molar-refractivity contribution >= 4 is 5.97 Å². The molecule has 2 fully saturated rings. The quantitative estimate of drug-likeness (QED) is 0.328. The minimum Gasteiger partial charge on any atom is -0.463 e. The number of fused-ring (bicyclic) bond motifs is 4. The topological polar surface area (TPSA) is 26.3 Å². The van der Waals surface area contributed by atoms with Crippen molar-refractivity contribution in [1.82, 2.24) is 0 Å². The molecule has 0 heterocycles. The SMILES string of the molecule is CC(=O)O[C@H]1CCC2(C)C3=C(CC[C@H]2C1)C1CCC(C(C)CCC=C(C)C)C1(C)CC3. The van der Waals surface area contributed by atoms with E-state index in [4.69, 9.17) is 4.74 Å². The minimum absolute atomic E-state index is 0.103. The number of esters is 1. The van der Waals surface area contributed by atoms with Crippen LogP contribution in [0.1, 0.15) is 112 Å². The van der Waals surface area contributed by atoms with Gasteiger partial charge in [-0.2, -0.15) is 0 Å². The van der Waals surface area contributed by atoms with Gasteiger partial charge in [0.05, 0.1) is 0 Å². The second-order valence-electron chi connectivity index (χ2n) is 12.2. The molecule has 7 atom stereocenters. The highest BCUT2D eigenvalue weighted by Gasteiger charge is 2.55. The third-order valence-corrected chi connectivity index (χ3v) is 10.2. The molecule has 0 aromatic carbocycles. The summed E-state index contributed by atoms with van der Waals surface area (Å²) in [5.74, 6) is 3.15. The van der Waals surface area contributed by atoms with Crippen molar-refractivity contribution in [1.29, 1.82) is 0 Å². The first-order valence-corrected chi connectivity index (χ1v) is 13.2. The standard InChI is InChI=1S/C29H46O2/c1-19(2)8-7-9-20(3)25-12-13-26-24-11-10-22-18-23(31-21(4)30)14-16-28(22,5)27(24)15-17-29(25,26)6/h8,20,22-23,25-26H,7,9-18H2,1-6H3/t20?,22-,23-,25?,26?,28?,29?/m0/s1. The predicted octanol–water partition coefficient (Wildman–Crippen LogP) is 8.02. The minimum atomic E-state index is -0.103. The number of rotatable bonds is 5. The molecule has 4 aliphatic carbocycles. The van der Waals surface area contributed by atoms with E-state index in [-0.39, 0.29) is 12.1 Å². The van der Waals surface area contributed by atoms with E-state index in [2.05, 4.69) is 40.7 Å². The van der Waals surface area contributed by atoms with Gasteiger partial charge < -0.3 is 4.74 Å². The van der Waals surface area contributed by atoms with Gasteiger partial charge in [-0.05, 0) is 119 Å². The molecule has 4 rings (SSSR count). The van der Waals surface area contributed by atoms with Crippen LogP contribution in [0.4, 0.5) is 0 Å². The van der Waals surface area contributed by atoms with Crippen LogP contribution in [0.3, 0.4) is 0 Å². The van der Waals surface area contributed by atoms with Gasteiger partial charge in [0.25, 0.3) is 0 Å². The first kappa shape index (κ1) is 23.1. The van der Waals surface area contributed by atoms with E-state index in [9.17, 15) is 4.79 Å². The largest absolute Gasteiger partial charge is 0.463 e. The molecule has 2 heteroatoms. The Morgan fingerprint density at radius 2 is 1.87 bits per heavy atom. The normalized spacial score (nSPS) is 40.5. The van der Waals surface area contributed by atoms with E-state index < -0.39 is 0 Å². The Balaban J connectivity index is 1.51. The average molecular weight is 427 g/mol. The Morgan fingerprint density at radius 3 is 2.58 bits per heavy atom. The van der Waals surface area contributed by atoms with Crippen molar-refractivity contribution in [2.24, 2.45) is 34.5 Å². The highest BCUT2D eigenvalue weighted by molar-refractivity contribution is 5.66. The first-order valence-electron chi connectivity index (χ1n) is 13.2. The van der Waals surface area contributed by atoms with Crippen molar-refractivity contribution in [3.05, 3.63) is 22.8 Å². The number of carbonyl (C=O) groups excluding carboxylic acids is 1. The van der Waals surface area contributed by atoms with Crippen LogP contribution in [-0.2, 0) is 9.53 Å². The monoisotopic (exact) mass is 426 g/mol. The van der Waals surface area contributed by atoms with Gasteiger partial charge in [-0.3, -0.25) is 4.79 Å². The summed E-state index contributed by atoms with van der Waals surface area (Å²) in [6.45, 7) is 13.8. The zero-order chi connectivity index (χ0) is 22.4. The molecule has 2 saturated carbocycles. The molecule has 0 radical (unpaired) electrons. The van der Waals surface area contributed by atoms with E-state index in [0.29, 0.717) is 16.7 Å². The van der Waals surface area contributed by atoms with E-state index >= 15 is 0 Å². The van der Waals surface area contributed by atoms with Crippen molar-refractivity contribution in [3.63, 3.8) is 0 Å². The van der Waals surface area contributed by atoms with Crippen LogP contribution in [0.25, 0.3) is 0 Å². The molecule has 0 N–H and O–H groups in total. The maximum atomic E-state index is 11.5. The summed E-state index contributed by atoms with van der Waals surface area (Å²) in [6, 6.07) is 0. The summed E-state index contributed by atoms with van der Waals surface area (Å²) in [5.41, 5.74) is 6.08. The number of carbonyl (C=O) groups is 1. The van der Waals surface area contributed by atoms with Gasteiger partial charge in [0, 0.05) is 6.92 Å². The van der Waals surface area contributed by atoms with Crippen LogP contribution in [0, 0.1) is 34.5 Å². The Morgan fingerprint density at radius 1 is 1.10 bits per heavy atom. The van der Waals surface area contributed by atoms with Gasteiger partial charge in [0.2, 0.25) is 0 Å². The molecule has 0 bridgehead atoms. The second-order valence-corrected chi connectivity index (χ2v) is 12.2. The third kappa shape index (κ3) is 4.18. The predicted molar refractivity (Wildman–Crippen MR) is 129 cm³/mol. The van der Waals surface area contributed by atoms with Crippen LogP contribution in [0.15, 0.2) is 22.8 Å². The maximum Gasteiger partial charge on any atom is 0.302 e. The number of hydrogen-bond acceptors (Lipinski definition) is 2. The molecule has 5 unspecified atom stereocenters. The summed E-state index contributed by atoms with van der Waals surface area (Å²) in [7, 11) is 0. The molecule has 31 heavy (non-hydrogen) atoms. The molecule has 0 aromatic heterocycles. The van der Waals surface area contributed by atoms with Crippen molar-refractivity contribution < 1.29 is 9.53 Å². The molecule has 0 spiro atoms. The molecular formula is C29H46O2. The Hall–Kier alpha value is -1.05. The van der Waals surface area contributed by atoms with Gasteiger partial charge >= 0.3 is 5.97 Å². The van der Waals surface area contributed by atoms with Crippen LogP contribution >= 0.6 is 0 Å². The second kappa shape index (κ2) is 8.71. The zero-order valence-electron chi connectivity index (χ0n) is 21.1. The smallest absolute Gasteiger partial charge is 0.302 e. The van der Waals surface area contributed by atoms with E-state index in [0.717, 1.165) is 30.6 Å². The molecule has 0 amide bonds. The first-order chi connectivity index (χ1) is 14.6. The number of ether oxygens (including phenoxy) is 1. The Labute approximate surface area is 191 Å².